The first-order valence-corrected chi connectivity index (χ1v) is 9.46. The van der Waals surface area contributed by atoms with E-state index in [2.05, 4.69) is 5.32 Å². The number of anilines is 1. The largest absolute Gasteiger partial charge is 0.442 e. The van der Waals surface area contributed by atoms with Gasteiger partial charge in [-0.1, -0.05) is 11.8 Å². The summed E-state index contributed by atoms with van der Waals surface area (Å²) < 4.78 is 20.0. The fourth-order valence-corrected chi connectivity index (χ4v) is 4.39. The molecule has 0 saturated carbocycles. The maximum absolute atomic E-state index is 14.5. The van der Waals surface area contributed by atoms with E-state index in [1.807, 2.05) is 0 Å². The van der Waals surface area contributed by atoms with E-state index in [9.17, 15) is 24.1 Å². The SMILES string of the molecule is CC(=O)NC[C@H]1CN(c2ccc(Sc3sccc3[N+](=O)[O-])c(F)c2)C(=O)O1. The van der Waals surface area contributed by atoms with Crippen molar-refractivity contribution in [3.8, 4) is 0 Å². The van der Waals surface area contributed by atoms with Crippen LogP contribution in [0.4, 0.5) is 20.6 Å². The summed E-state index contributed by atoms with van der Waals surface area (Å²) in [5, 5.41) is 15.1. The number of nitro groups is 1. The number of amides is 2. The molecule has 2 heterocycles. The summed E-state index contributed by atoms with van der Waals surface area (Å²) in [4.78, 5) is 34.9. The second kappa shape index (κ2) is 7.92. The topological polar surface area (TPSA) is 102 Å². The fraction of sp³-hybridized carbons (Fsp3) is 0.250. The second-order valence-electron chi connectivity index (χ2n) is 5.62. The van der Waals surface area contributed by atoms with Crippen molar-refractivity contribution >= 4 is 46.5 Å². The maximum atomic E-state index is 14.5. The minimum Gasteiger partial charge on any atom is -0.442 e. The van der Waals surface area contributed by atoms with E-state index in [4.69, 9.17) is 4.74 Å². The molecule has 142 valence electrons. The Labute approximate surface area is 161 Å². The summed E-state index contributed by atoms with van der Waals surface area (Å²) in [7, 11) is 0. The van der Waals surface area contributed by atoms with Gasteiger partial charge in [0.1, 0.15) is 16.1 Å². The lowest BCUT2D eigenvalue weighted by Crippen LogP contribution is -2.33. The Kier molecular flexibility index (Phi) is 5.61. The van der Waals surface area contributed by atoms with Crippen LogP contribution in [0.1, 0.15) is 6.92 Å². The third-order valence-electron chi connectivity index (χ3n) is 3.69. The van der Waals surface area contributed by atoms with Crippen molar-refractivity contribution in [1.82, 2.24) is 5.32 Å². The Bertz CT molecular complexity index is 904. The van der Waals surface area contributed by atoms with Gasteiger partial charge < -0.3 is 10.1 Å². The molecule has 1 N–H and O–H groups in total. The third kappa shape index (κ3) is 4.37. The van der Waals surface area contributed by atoms with Crippen molar-refractivity contribution in [2.24, 2.45) is 0 Å². The Morgan fingerprint density at radius 2 is 2.30 bits per heavy atom. The number of carbonyl (C=O) groups excluding carboxylic acids is 2. The monoisotopic (exact) mass is 411 g/mol. The van der Waals surface area contributed by atoms with Crippen molar-refractivity contribution in [2.45, 2.75) is 22.1 Å². The van der Waals surface area contributed by atoms with Gasteiger partial charge in [0.05, 0.1) is 23.7 Å². The minimum absolute atomic E-state index is 0.0718. The van der Waals surface area contributed by atoms with Crippen molar-refractivity contribution in [3.05, 3.63) is 45.6 Å². The van der Waals surface area contributed by atoms with Crippen LogP contribution < -0.4 is 10.2 Å². The van der Waals surface area contributed by atoms with Crippen LogP contribution in [0.15, 0.2) is 38.8 Å². The molecule has 1 aromatic carbocycles. The molecule has 1 aliphatic heterocycles. The predicted octanol–water partition coefficient (Wildman–Crippen LogP) is 3.41. The number of benzene rings is 1. The Morgan fingerprint density at radius 3 is 2.96 bits per heavy atom. The van der Waals surface area contributed by atoms with Crippen LogP contribution in [-0.4, -0.2) is 36.1 Å². The number of rotatable bonds is 6. The number of hydrogen-bond donors (Lipinski definition) is 1. The average Bonchev–Trinajstić information content (AvgIpc) is 3.21. The van der Waals surface area contributed by atoms with Crippen LogP contribution in [0.2, 0.25) is 0 Å². The highest BCUT2D eigenvalue weighted by molar-refractivity contribution is 8.01. The standard InChI is InChI=1S/C16H14FN3O5S2/c1-9(21)18-7-11-8-19(16(22)25-11)10-2-3-14(12(17)6-10)27-15-13(20(23)24)4-5-26-15/h2-6,11H,7-8H2,1H3,(H,18,21)/t11-/m0/s1. The van der Waals surface area contributed by atoms with Crippen molar-refractivity contribution in [2.75, 3.05) is 18.0 Å². The fourth-order valence-electron chi connectivity index (χ4n) is 2.44. The number of ether oxygens (including phenoxy) is 1. The summed E-state index contributed by atoms with van der Waals surface area (Å²) in [5.74, 6) is -0.835. The number of nitrogens with zero attached hydrogens (tertiary/aromatic N) is 2. The molecule has 11 heteroatoms. The quantitative estimate of drug-likeness (QED) is 0.577. The molecule has 3 rings (SSSR count). The lowest BCUT2D eigenvalue weighted by molar-refractivity contribution is -0.387. The highest BCUT2D eigenvalue weighted by Gasteiger charge is 2.32. The highest BCUT2D eigenvalue weighted by atomic mass is 32.2. The number of cyclic esters (lactones) is 1. The van der Waals surface area contributed by atoms with E-state index in [1.165, 1.54) is 30.0 Å². The normalized spacial score (nSPS) is 16.3. The maximum Gasteiger partial charge on any atom is 0.414 e. The minimum atomic E-state index is -0.626. The highest BCUT2D eigenvalue weighted by Crippen LogP contribution is 2.40. The van der Waals surface area contributed by atoms with Crippen LogP contribution in [0.25, 0.3) is 0 Å². The van der Waals surface area contributed by atoms with Crippen LogP contribution in [0.3, 0.4) is 0 Å². The van der Waals surface area contributed by atoms with Gasteiger partial charge in [-0.25, -0.2) is 9.18 Å². The molecule has 2 amide bonds. The lowest BCUT2D eigenvalue weighted by atomic mass is 10.2. The molecule has 0 radical (unpaired) electrons. The van der Waals surface area contributed by atoms with Gasteiger partial charge in [-0.05, 0) is 23.6 Å². The van der Waals surface area contributed by atoms with Crippen LogP contribution in [0, 0.1) is 15.9 Å². The van der Waals surface area contributed by atoms with Gasteiger partial charge in [0.25, 0.3) is 5.69 Å². The summed E-state index contributed by atoms with van der Waals surface area (Å²) in [6.07, 6.45) is -1.15. The zero-order valence-corrected chi connectivity index (χ0v) is 15.6. The van der Waals surface area contributed by atoms with Crippen molar-refractivity contribution < 1.29 is 23.6 Å². The Hall–Kier alpha value is -2.66. The van der Waals surface area contributed by atoms with E-state index in [1.54, 1.807) is 11.4 Å². The molecule has 0 unspecified atom stereocenters. The molecule has 1 saturated heterocycles. The number of carbonyl (C=O) groups is 2. The molecule has 2 aromatic rings. The Balaban J connectivity index is 1.73. The molecule has 1 fully saturated rings. The van der Waals surface area contributed by atoms with Crippen molar-refractivity contribution in [1.29, 1.82) is 0 Å². The molecular formula is C16H14FN3O5S2. The number of nitrogens with one attached hydrogen (secondary N) is 1. The van der Waals surface area contributed by atoms with Crippen LogP contribution in [-0.2, 0) is 9.53 Å². The molecular weight excluding hydrogens is 397 g/mol. The first-order valence-electron chi connectivity index (χ1n) is 7.77. The predicted molar refractivity (Wildman–Crippen MR) is 97.8 cm³/mol. The zero-order valence-electron chi connectivity index (χ0n) is 14.0. The van der Waals surface area contributed by atoms with E-state index in [0.717, 1.165) is 23.1 Å². The molecule has 0 bridgehead atoms. The first-order chi connectivity index (χ1) is 12.8. The van der Waals surface area contributed by atoms with E-state index in [-0.39, 0.29) is 29.6 Å². The van der Waals surface area contributed by atoms with Gasteiger partial charge in [0.2, 0.25) is 5.91 Å². The Morgan fingerprint density at radius 1 is 1.52 bits per heavy atom. The smallest absolute Gasteiger partial charge is 0.414 e. The zero-order chi connectivity index (χ0) is 19.6. The van der Waals surface area contributed by atoms with Gasteiger partial charge >= 0.3 is 6.09 Å². The molecule has 8 nitrogen and oxygen atoms in total. The van der Waals surface area contributed by atoms with Gasteiger partial charge in [0, 0.05) is 17.9 Å². The first kappa shape index (κ1) is 19.1. The van der Waals surface area contributed by atoms with Gasteiger partial charge in [-0.15, -0.1) is 11.3 Å². The second-order valence-corrected chi connectivity index (χ2v) is 7.85. The molecule has 1 aromatic heterocycles. The summed E-state index contributed by atoms with van der Waals surface area (Å²) in [6, 6.07) is 5.57. The van der Waals surface area contributed by atoms with Crippen molar-refractivity contribution in [3.63, 3.8) is 0 Å². The number of halogens is 1. The third-order valence-corrected chi connectivity index (χ3v) is 5.87. The summed E-state index contributed by atoms with van der Waals surface area (Å²) in [6.45, 7) is 1.72. The molecule has 0 spiro atoms. The van der Waals surface area contributed by atoms with Gasteiger partial charge in [-0.3, -0.25) is 19.8 Å². The van der Waals surface area contributed by atoms with E-state index >= 15 is 0 Å². The average molecular weight is 411 g/mol. The van der Waals surface area contributed by atoms with Gasteiger partial charge in [0.15, 0.2) is 0 Å². The molecule has 1 atom stereocenters. The molecule has 27 heavy (non-hydrogen) atoms. The number of hydrogen-bond acceptors (Lipinski definition) is 7. The summed E-state index contributed by atoms with van der Waals surface area (Å²) >= 11 is 2.11. The number of thiophene rings is 1. The van der Waals surface area contributed by atoms with E-state index in [0.29, 0.717) is 9.90 Å². The molecule has 0 aliphatic carbocycles. The lowest BCUT2D eigenvalue weighted by Gasteiger charge is -2.14. The molecule has 1 aliphatic rings. The van der Waals surface area contributed by atoms with Crippen LogP contribution >= 0.6 is 23.1 Å². The van der Waals surface area contributed by atoms with E-state index < -0.39 is 22.9 Å². The van der Waals surface area contributed by atoms with Gasteiger partial charge in [-0.2, -0.15) is 0 Å². The summed E-state index contributed by atoms with van der Waals surface area (Å²) in [5.41, 5.74) is 0.241. The van der Waals surface area contributed by atoms with Crippen LogP contribution in [0.5, 0.6) is 0 Å².